The number of benzene rings is 1. The van der Waals surface area contributed by atoms with Gasteiger partial charge < -0.3 is 11.1 Å². The predicted molar refractivity (Wildman–Crippen MR) is 62.7 cm³/mol. The highest BCUT2D eigenvalue weighted by Gasteiger charge is 2.37. The van der Waals surface area contributed by atoms with Gasteiger partial charge in [-0.25, -0.2) is 0 Å². The molecule has 0 aliphatic heterocycles. The summed E-state index contributed by atoms with van der Waals surface area (Å²) in [6.07, 6.45) is 2.33. The minimum Gasteiger partial charge on any atom is -0.370 e. The molecule has 15 heavy (non-hydrogen) atoms. The van der Waals surface area contributed by atoms with E-state index in [1.165, 1.54) is 12.0 Å². The van der Waals surface area contributed by atoms with E-state index in [0.717, 1.165) is 6.42 Å². The second-order valence-corrected chi connectivity index (χ2v) is 4.05. The fourth-order valence-corrected chi connectivity index (χ4v) is 1.82. The Morgan fingerprint density at radius 1 is 1.47 bits per heavy atom. The molecule has 0 radical (unpaired) electrons. The van der Waals surface area contributed by atoms with Crippen molar-refractivity contribution >= 4 is 5.96 Å². The highest BCUT2D eigenvalue weighted by molar-refractivity contribution is 5.78. The summed E-state index contributed by atoms with van der Waals surface area (Å²) in [5.41, 5.74) is 7.01. The van der Waals surface area contributed by atoms with Crippen LogP contribution in [0, 0.1) is 5.92 Å². The monoisotopic (exact) mass is 203 g/mol. The average Bonchev–Trinajstić information content (AvgIpc) is 2.97. The molecule has 2 unspecified atom stereocenters. The largest absolute Gasteiger partial charge is 0.370 e. The van der Waals surface area contributed by atoms with Crippen LogP contribution in [0.1, 0.15) is 12.0 Å². The molecule has 3 N–H and O–H groups in total. The molecule has 1 aromatic carbocycles. The van der Waals surface area contributed by atoms with Gasteiger partial charge in [-0.05, 0) is 24.3 Å². The number of nitrogens with zero attached hydrogens (tertiary/aromatic N) is 1. The normalized spacial score (nSPS) is 25.0. The molecule has 3 nitrogen and oxygen atoms in total. The molecule has 0 aromatic heterocycles. The molecule has 1 saturated carbocycles. The van der Waals surface area contributed by atoms with Crippen LogP contribution in [0.5, 0.6) is 0 Å². The zero-order valence-electron chi connectivity index (χ0n) is 8.98. The Bertz CT molecular complexity index is 345. The summed E-state index contributed by atoms with van der Waals surface area (Å²) in [4.78, 5) is 3.89. The summed E-state index contributed by atoms with van der Waals surface area (Å²) in [7, 11) is 1.71. The number of aliphatic imine (C=N–C) groups is 1. The molecule has 0 bridgehead atoms. The first-order valence-corrected chi connectivity index (χ1v) is 5.32. The summed E-state index contributed by atoms with van der Waals surface area (Å²) in [5.74, 6) is 1.27. The van der Waals surface area contributed by atoms with E-state index in [0.29, 0.717) is 17.9 Å². The summed E-state index contributed by atoms with van der Waals surface area (Å²) in [6.45, 7) is 0. The van der Waals surface area contributed by atoms with Crippen LogP contribution in [0.15, 0.2) is 35.3 Å². The lowest BCUT2D eigenvalue weighted by molar-refractivity contribution is 0.740. The SMILES string of the molecule is CN=C(N)NC1CC1Cc1ccccc1. The maximum absolute atomic E-state index is 5.61. The molecule has 0 heterocycles. The van der Waals surface area contributed by atoms with Gasteiger partial charge in [0, 0.05) is 13.1 Å². The van der Waals surface area contributed by atoms with Crippen molar-refractivity contribution in [2.24, 2.45) is 16.6 Å². The molecular formula is C12H17N3. The van der Waals surface area contributed by atoms with Gasteiger partial charge in [0.15, 0.2) is 5.96 Å². The number of hydrogen-bond acceptors (Lipinski definition) is 1. The van der Waals surface area contributed by atoms with Crippen molar-refractivity contribution in [3.63, 3.8) is 0 Å². The van der Waals surface area contributed by atoms with Crippen molar-refractivity contribution in [2.75, 3.05) is 7.05 Å². The van der Waals surface area contributed by atoms with Crippen molar-refractivity contribution in [3.05, 3.63) is 35.9 Å². The number of nitrogens with one attached hydrogen (secondary N) is 1. The first-order valence-electron chi connectivity index (χ1n) is 5.32. The third-order valence-electron chi connectivity index (χ3n) is 2.84. The second kappa shape index (κ2) is 4.34. The van der Waals surface area contributed by atoms with Gasteiger partial charge in [-0.15, -0.1) is 0 Å². The molecule has 2 rings (SSSR count). The van der Waals surface area contributed by atoms with Crippen molar-refractivity contribution < 1.29 is 0 Å². The molecule has 1 fully saturated rings. The zero-order chi connectivity index (χ0) is 10.7. The zero-order valence-corrected chi connectivity index (χ0v) is 8.98. The van der Waals surface area contributed by atoms with E-state index in [1.807, 2.05) is 6.07 Å². The lowest BCUT2D eigenvalue weighted by Crippen LogP contribution is -2.34. The van der Waals surface area contributed by atoms with Crippen molar-refractivity contribution in [1.82, 2.24) is 5.32 Å². The van der Waals surface area contributed by atoms with Crippen molar-refractivity contribution in [2.45, 2.75) is 18.9 Å². The molecule has 0 amide bonds. The van der Waals surface area contributed by atoms with Crippen LogP contribution in [0.2, 0.25) is 0 Å². The molecule has 3 heteroatoms. The third kappa shape index (κ3) is 2.72. The van der Waals surface area contributed by atoms with Gasteiger partial charge in [0.1, 0.15) is 0 Å². The molecule has 1 aliphatic carbocycles. The van der Waals surface area contributed by atoms with Crippen molar-refractivity contribution in [1.29, 1.82) is 0 Å². The Morgan fingerprint density at radius 3 is 2.87 bits per heavy atom. The van der Waals surface area contributed by atoms with E-state index in [4.69, 9.17) is 5.73 Å². The van der Waals surface area contributed by atoms with E-state index in [9.17, 15) is 0 Å². The Hall–Kier alpha value is -1.51. The van der Waals surface area contributed by atoms with Gasteiger partial charge in [-0.1, -0.05) is 30.3 Å². The minimum absolute atomic E-state index is 0.522. The van der Waals surface area contributed by atoms with E-state index in [2.05, 4.69) is 34.6 Å². The van der Waals surface area contributed by atoms with Gasteiger partial charge in [0.25, 0.3) is 0 Å². The summed E-state index contributed by atoms with van der Waals surface area (Å²) < 4.78 is 0. The smallest absolute Gasteiger partial charge is 0.188 e. The standard InChI is InChI=1S/C12H17N3/c1-14-12(13)15-11-8-10(11)7-9-5-3-2-4-6-9/h2-6,10-11H,7-8H2,1H3,(H3,13,14,15). The fourth-order valence-electron chi connectivity index (χ4n) is 1.82. The Kier molecular flexibility index (Phi) is 2.90. The van der Waals surface area contributed by atoms with Crippen LogP contribution in [0.4, 0.5) is 0 Å². The molecule has 1 aliphatic rings. The topological polar surface area (TPSA) is 50.4 Å². The molecular weight excluding hydrogens is 186 g/mol. The Labute approximate surface area is 90.4 Å². The van der Waals surface area contributed by atoms with Crippen LogP contribution >= 0.6 is 0 Å². The molecule has 1 aromatic rings. The van der Waals surface area contributed by atoms with Gasteiger partial charge in [-0.2, -0.15) is 0 Å². The van der Waals surface area contributed by atoms with Gasteiger partial charge >= 0.3 is 0 Å². The first-order chi connectivity index (χ1) is 7.29. The Morgan fingerprint density at radius 2 is 2.20 bits per heavy atom. The minimum atomic E-state index is 0.522. The predicted octanol–water partition coefficient (Wildman–Crippen LogP) is 1.15. The van der Waals surface area contributed by atoms with Gasteiger partial charge in [-0.3, -0.25) is 4.99 Å². The first kappa shape index (κ1) is 10.0. The van der Waals surface area contributed by atoms with Gasteiger partial charge in [0.2, 0.25) is 0 Å². The van der Waals surface area contributed by atoms with Gasteiger partial charge in [0.05, 0.1) is 0 Å². The number of rotatable bonds is 3. The van der Waals surface area contributed by atoms with E-state index in [-0.39, 0.29) is 0 Å². The molecule has 0 spiro atoms. The van der Waals surface area contributed by atoms with Crippen LogP contribution in [-0.2, 0) is 6.42 Å². The van der Waals surface area contributed by atoms with E-state index in [1.54, 1.807) is 7.05 Å². The summed E-state index contributed by atoms with van der Waals surface area (Å²) in [5, 5.41) is 3.20. The molecule has 2 atom stereocenters. The summed E-state index contributed by atoms with van der Waals surface area (Å²) >= 11 is 0. The van der Waals surface area contributed by atoms with Crippen molar-refractivity contribution in [3.8, 4) is 0 Å². The van der Waals surface area contributed by atoms with Crippen LogP contribution in [0.25, 0.3) is 0 Å². The lowest BCUT2D eigenvalue weighted by Gasteiger charge is -2.03. The third-order valence-corrected chi connectivity index (χ3v) is 2.84. The van der Waals surface area contributed by atoms with E-state index < -0.39 is 0 Å². The highest BCUT2D eigenvalue weighted by atomic mass is 15.1. The fraction of sp³-hybridized carbons (Fsp3) is 0.417. The maximum atomic E-state index is 5.61. The van der Waals surface area contributed by atoms with E-state index >= 15 is 0 Å². The number of hydrogen-bond donors (Lipinski definition) is 2. The average molecular weight is 203 g/mol. The van der Waals surface area contributed by atoms with Crippen LogP contribution in [0.3, 0.4) is 0 Å². The number of nitrogens with two attached hydrogens (primary N) is 1. The van der Waals surface area contributed by atoms with Crippen LogP contribution < -0.4 is 11.1 Å². The summed E-state index contributed by atoms with van der Waals surface area (Å²) in [6, 6.07) is 11.1. The quantitative estimate of drug-likeness (QED) is 0.572. The number of guanidine groups is 1. The molecule has 80 valence electrons. The molecule has 0 saturated heterocycles. The maximum Gasteiger partial charge on any atom is 0.188 e. The van der Waals surface area contributed by atoms with Crippen LogP contribution in [-0.4, -0.2) is 19.0 Å². The highest BCUT2D eigenvalue weighted by Crippen LogP contribution is 2.33. The Balaban J connectivity index is 1.81. The second-order valence-electron chi connectivity index (χ2n) is 4.05. The lowest BCUT2D eigenvalue weighted by atomic mass is 10.1.